The van der Waals surface area contributed by atoms with Gasteiger partial charge in [0.25, 0.3) is 0 Å². The summed E-state index contributed by atoms with van der Waals surface area (Å²) < 4.78 is 0. The van der Waals surface area contributed by atoms with Crippen molar-refractivity contribution in [1.29, 1.82) is 0 Å². The standard InChI is InChI=1S/C12H16N2/c1-8-4-3-7-14-9(2)11(10-5-6-10)13-12(8)14/h3-4,7,10,12-13H,5-6H2,1-2H3. The summed E-state index contributed by atoms with van der Waals surface area (Å²) in [6.45, 7) is 4.42. The molecule has 1 fully saturated rings. The van der Waals surface area contributed by atoms with Crippen molar-refractivity contribution < 1.29 is 0 Å². The largest absolute Gasteiger partial charge is 0.363 e. The summed E-state index contributed by atoms with van der Waals surface area (Å²) in [5.74, 6) is 0.821. The molecule has 3 rings (SSSR count). The molecule has 74 valence electrons. The predicted molar refractivity (Wildman–Crippen MR) is 57.1 cm³/mol. The molecular formula is C12H16N2. The molecule has 1 aliphatic carbocycles. The summed E-state index contributed by atoms with van der Waals surface area (Å²) >= 11 is 0. The van der Waals surface area contributed by atoms with E-state index in [2.05, 4.69) is 42.4 Å². The van der Waals surface area contributed by atoms with Crippen LogP contribution in [0.25, 0.3) is 0 Å². The minimum Gasteiger partial charge on any atom is -0.363 e. The van der Waals surface area contributed by atoms with Crippen LogP contribution in [-0.2, 0) is 0 Å². The molecule has 2 heteroatoms. The highest BCUT2D eigenvalue weighted by Crippen LogP contribution is 2.41. The Kier molecular flexibility index (Phi) is 1.55. The average molecular weight is 188 g/mol. The highest BCUT2D eigenvalue weighted by atomic mass is 15.3. The second kappa shape index (κ2) is 2.66. The van der Waals surface area contributed by atoms with Crippen LogP contribution in [-0.4, -0.2) is 11.1 Å². The van der Waals surface area contributed by atoms with Gasteiger partial charge in [-0.3, -0.25) is 0 Å². The first-order chi connectivity index (χ1) is 6.77. The minimum atomic E-state index is 0.399. The van der Waals surface area contributed by atoms with Gasteiger partial charge in [-0.05, 0) is 38.3 Å². The lowest BCUT2D eigenvalue weighted by molar-refractivity contribution is 0.382. The first-order valence-corrected chi connectivity index (χ1v) is 5.38. The van der Waals surface area contributed by atoms with Gasteiger partial charge >= 0.3 is 0 Å². The van der Waals surface area contributed by atoms with Crippen LogP contribution in [0.15, 0.2) is 35.3 Å². The third kappa shape index (κ3) is 1.03. The molecule has 3 aliphatic rings. The fourth-order valence-corrected chi connectivity index (χ4v) is 2.35. The van der Waals surface area contributed by atoms with E-state index < -0.39 is 0 Å². The van der Waals surface area contributed by atoms with Gasteiger partial charge in [0.15, 0.2) is 0 Å². The first kappa shape index (κ1) is 8.16. The zero-order valence-corrected chi connectivity index (χ0v) is 8.75. The van der Waals surface area contributed by atoms with Gasteiger partial charge in [0, 0.05) is 23.5 Å². The number of hydrogen-bond donors (Lipinski definition) is 1. The molecule has 2 heterocycles. The molecule has 0 radical (unpaired) electrons. The van der Waals surface area contributed by atoms with Crippen LogP contribution in [0.5, 0.6) is 0 Å². The molecule has 0 bridgehead atoms. The summed E-state index contributed by atoms with van der Waals surface area (Å²) in [6, 6.07) is 0. The van der Waals surface area contributed by atoms with Crippen LogP contribution in [0.4, 0.5) is 0 Å². The van der Waals surface area contributed by atoms with Gasteiger partial charge in [-0.25, -0.2) is 0 Å². The van der Waals surface area contributed by atoms with Gasteiger partial charge in [-0.2, -0.15) is 0 Å². The molecule has 1 atom stereocenters. The third-order valence-corrected chi connectivity index (χ3v) is 3.37. The van der Waals surface area contributed by atoms with Gasteiger partial charge in [-0.1, -0.05) is 6.08 Å². The Balaban J connectivity index is 1.94. The lowest BCUT2D eigenvalue weighted by atomic mass is 10.1. The summed E-state index contributed by atoms with van der Waals surface area (Å²) in [7, 11) is 0. The monoisotopic (exact) mass is 188 g/mol. The second-order valence-electron chi connectivity index (χ2n) is 4.48. The molecule has 0 spiro atoms. The minimum absolute atomic E-state index is 0.399. The molecule has 2 aliphatic heterocycles. The number of fused-ring (bicyclic) bond motifs is 1. The van der Waals surface area contributed by atoms with E-state index in [4.69, 9.17) is 0 Å². The highest BCUT2D eigenvalue weighted by molar-refractivity contribution is 5.34. The molecular weight excluding hydrogens is 172 g/mol. The number of nitrogens with zero attached hydrogens (tertiary/aromatic N) is 1. The molecule has 0 saturated heterocycles. The van der Waals surface area contributed by atoms with E-state index in [0.29, 0.717) is 6.17 Å². The Morgan fingerprint density at radius 2 is 2.14 bits per heavy atom. The molecule has 14 heavy (non-hydrogen) atoms. The van der Waals surface area contributed by atoms with Crippen molar-refractivity contribution in [2.24, 2.45) is 5.92 Å². The Morgan fingerprint density at radius 1 is 1.36 bits per heavy atom. The smallest absolute Gasteiger partial charge is 0.125 e. The molecule has 2 nitrogen and oxygen atoms in total. The average Bonchev–Trinajstić information content (AvgIpc) is 2.94. The van der Waals surface area contributed by atoms with Crippen molar-refractivity contribution in [2.75, 3.05) is 0 Å². The maximum atomic E-state index is 3.64. The maximum Gasteiger partial charge on any atom is 0.125 e. The lowest BCUT2D eigenvalue weighted by Gasteiger charge is -2.27. The summed E-state index contributed by atoms with van der Waals surface area (Å²) in [5, 5.41) is 3.64. The fraction of sp³-hybridized carbons (Fsp3) is 0.500. The zero-order chi connectivity index (χ0) is 9.71. The predicted octanol–water partition coefficient (Wildman–Crippen LogP) is 2.33. The fourth-order valence-electron chi connectivity index (χ4n) is 2.35. The van der Waals surface area contributed by atoms with Crippen LogP contribution >= 0.6 is 0 Å². The van der Waals surface area contributed by atoms with Crippen LogP contribution < -0.4 is 5.32 Å². The Bertz CT molecular complexity index is 359. The normalized spacial score (nSPS) is 30.3. The molecule has 0 aromatic carbocycles. The molecule has 1 N–H and O–H groups in total. The second-order valence-corrected chi connectivity index (χ2v) is 4.48. The number of nitrogens with one attached hydrogen (secondary N) is 1. The van der Waals surface area contributed by atoms with Crippen molar-refractivity contribution in [3.63, 3.8) is 0 Å². The van der Waals surface area contributed by atoms with Crippen molar-refractivity contribution in [3.05, 3.63) is 35.3 Å². The summed E-state index contributed by atoms with van der Waals surface area (Å²) in [5.41, 5.74) is 4.30. The van der Waals surface area contributed by atoms with Crippen molar-refractivity contribution in [2.45, 2.75) is 32.9 Å². The van der Waals surface area contributed by atoms with Crippen LogP contribution in [0, 0.1) is 5.92 Å². The molecule has 1 saturated carbocycles. The van der Waals surface area contributed by atoms with E-state index >= 15 is 0 Å². The summed E-state index contributed by atoms with van der Waals surface area (Å²) in [6.07, 6.45) is 9.63. The van der Waals surface area contributed by atoms with Gasteiger partial charge in [0.1, 0.15) is 6.17 Å². The van der Waals surface area contributed by atoms with E-state index in [-0.39, 0.29) is 0 Å². The number of allylic oxidation sites excluding steroid dienone is 4. The molecule has 1 unspecified atom stereocenters. The van der Waals surface area contributed by atoms with Crippen LogP contribution in [0.1, 0.15) is 26.7 Å². The molecule has 0 aromatic heterocycles. The lowest BCUT2D eigenvalue weighted by Crippen LogP contribution is -2.36. The van der Waals surface area contributed by atoms with Crippen molar-refractivity contribution in [1.82, 2.24) is 10.2 Å². The number of rotatable bonds is 1. The Morgan fingerprint density at radius 3 is 2.79 bits per heavy atom. The van der Waals surface area contributed by atoms with E-state index in [1.54, 1.807) is 0 Å². The van der Waals surface area contributed by atoms with Gasteiger partial charge < -0.3 is 10.2 Å². The van der Waals surface area contributed by atoms with Crippen LogP contribution in [0.2, 0.25) is 0 Å². The highest BCUT2D eigenvalue weighted by Gasteiger charge is 2.37. The van der Waals surface area contributed by atoms with Crippen molar-refractivity contribution >= 4 is 0 Å². The topological polar surface area (TPSA) is 15.3 Å². The Labute approximate surface area is 85.0 Å². The zero-order valence-electron chi connectivity index (χ0n) is 8.75. The molecule has 0 aromatic rings. The van der Waals surface area contributed by atoms with Gasteiger partial charge in [0.05, 0.1) is 0 Å². The van der Waals surface area contributed by atoms with Crippen molar-refractivity contribution in [3.8, 4) is 0 Å². The van der Waals surface area contributed by atoms with E-state index in [0.717, 1.165) is 5.92 Å². The summed E-state index contributed by atoms with van der Waals surface area (Å²) in [4.78, 5) is 2.35. The van der Waals surface area contributed by atoms with E-state index in [1.807, 2.05) is 0 Å². The maximum absolute atomic E-state index is 3.64. The molecule has 0 amide bonds. The quantitative estimate of drug-likeness (QED) is 0.679. The third-order valence-electron chi connectivity index (χ3n) is 3.37. The SMILES string of the molecule is CC1=CC=CN2C(C)=C(C3CC3)NC12. The Hall–Kier alpha value is -1.18. The number of hydrogen-bond acceptors (Lipinski definition) is 2. The van der Waals surface area contributed by atoms with Crippen LogP contribution in [0.3, 0.4) is 0 Å². The first-order valence-electron chi connectivity index (χ1n) is 5.38. The van der Waals surface area contributed by atoms with Gasteiger partial charge in [0.2, 0.25) is 0 Å². The van der Waals surface area contributed by atoms with E-state index in [9.17, 15) is 0 Å². The van der Waals surface area contributed by atoms with E-state index in [1.165, 1.54) is 29.8 Å². The van der Waals surface area contributed by atoms with Gasteiger partial charge in [-0.15, -0.1) is 0 Å².